The topological polar surface area (TPSA) is 57.9 Å². The van der Waals surface area contributed by atoms with E-state index in [-0.39, 0.29) is 24.0 Å². The molecule has 0 amide bonds. The van der Waals surface area contributed by atoms with Gasteiger partial charge in [0.05, 0.1) is 31.8 Å². The van der Waals surface area contributed by atoms with Gasteiger partial charge in [-0.05, 0) is 36.8 Å². The van der Waals surface area contributed by atoms with Crippen LogP contribution in [0.3, 0.4) is 0 Å². The van der Waals surface area contributed by atoms with E-state index >= 15 is 0 Å². The Morgan fingerprint density at radius 1 is 0.938 bits per heavy atom. The molecule has 0 bridgehead atoms. The minimum atomic E-state index is -0.498. The van der Waals surface area contributed by atoms with Crippen LogP contribution >= 0.6 is 0 Å². The molecule has 2 aromatic carbocycles. The maximum atomic E-state index is 13.0. The van der Waals surface area contributed by atoms with E-state index in [9.17, 15) is 4.79 Å². The molecule has 32 heavy (non-hydrogen) atoms. The lowest BCUT2D eigenvalue weighted by molar-refractivity contribution is -0.645. The van der Waals surface area contributed by atoms with Crippen molar-refractivity contribution < 1.29 is 52.3 Å². The monoisotopic (exact) mass is 551 g/mol. The summed E-state index contributed by atoms with van der Waals surface area (Å²) >= 11 is 0. The molecule has 0 aliphatic carbocycles. The SMILES string of the molecule is CCCCCCOc1c(OC)cc(C(=O)Oc2cccc3ccc[n+](C)c23)cc1OC.[I-]. The van der Waals surface area contributed by atoms with Gasteiger partial charge in [-0.3, -0.25) is 0 Å². The van der Waals surface area contributed by atoms with Crippen molar-refractivity contribution in [2.75, 3.05) is 20.8 Å². The smallest absolute Gasteiger partial charge is 0.344 e. The number of esters is 1. The van der Waals surface area contributed by atoms with Crippen molar-refractivity contribution in [3.8, 4) is 23.0 Å². The molecule has 0 fully saturated rings. The quantitative estimate of drug-likeness (QED) is 0.127. The fourth-order valence-electron chi connectivity index (χ4n) is 3.49. The van der Waals surface area contributed by atoms with Crippen LogP contribution in [0.1, 0.15) is 43.0 Å². The molecule has 0 spiro atoms. The van der Waals surface area contributed by atoms with Crippen LogP contribution in [0.15, 0.2) is 48.7 Å². The molecule has 1 aromatic heterocycles. The van der Waals surface area contributed by atoms with Crippen LogP contribution in [0.4, 0.5) is 0 Å². The van der Waals surface area contributed by atoms with Crippen molar-refractivity contribution in [3.05, 3.63) is 54.2 Å². The number of pyridine rings is 1. The minimum absolute atomic E-state index is 0. The molecule has 7 heteroatoms. The normalized spacial score (nSPS) is 10.4. The third-order valence-corrected chi connectivity index (χ3v) is 5.11. The number of halogens is 1. The predicted octanol–water partition coefficient (Wildman–Crippen LogP) is 1.86. The number of hydrogen-bond donors (Lipinski definition) is 0. The number of methoxy groups -OCH3 is 2. The largest absolute Gasteiger partial charge is 1.00 e. The van der Waals surface area contributed by atoms with Crippen LogP contribution in [0.5, 0.6) is 23.0 Å². The highest BCUT2D eigenvalue weighted by Crippen LogP contribution is 2.39. The number of carbonyl (C=O) groups excluding carboxylic acids is 1. The Labute approximate surface area is 206 Å². The molecule has 0 radical (unpaired) electrons. The van der Waals surface area contributed by atoms with Gasteiger partial charge in [-0.1, -0.05) is 32.3 Å². The van der Waals surface area contributed by atoms with Gasteiger partial charge in [-0.25, -0.2) is 4.79 Å². The summed E-state index contributed by atoms with van der Waals surface area (Å²) in [4.78, 5) is 13.0. The summed E-state index contributed by atoms with van der Waals surface area (Å²) in [7, 11) is 5.00. The van der Waals surface area contributed by atoms with E-state index in [1.807, 2.05) is 42.1 Å². The van der Waals surface area contributed by atoms with Gasteiger partial charge in [-0.15, -0.1) is 0 Å². The molecule has 3 aromatic rings. The Hall–Kier alpha value is -2.55. The highest BCUT2D eigenvalue weighted by molar-refractivity contribution is 5.94. The van der Waals surface area contributed by atoms with Gasteiger partial charge < -0.3 is 42.9 Å². The molecule has 0 atom stereocenters. The van der Waals surface area contributed by atoms with Crippen LogP contribution in [0.25, 0.3) is 10.9 Å². The second-order valence-electron chi connectivity index (χ2n) is 7.32. The zero-order valence-electron chi connectivity index (χ0n) is 19.0. The number of unbranched alkanes of at least 4 members (excludes halogenated alkanes) is 3. The predicted molar refractivity (Wildman–Crippen MR) is 119 cm³/mol. The second-order valence-corrected chi connectivity index (χ2v) is 7.32. The molecule has 0 unspecified atom stereocenters. The van der Waals surface area contributed by atoms with Crippen molar-refractivity contribution in [2.24, 2.45) is 7.05 Å². The summed E-state index contributed by atoms with van der Waals surface area (Å²) in [5, 5.41) is 0.984. The number of hydrogen-bond acceptors (Lipinski definition) is 5. The van der Waals surface area contributed by atoms with E-state index < -0.39 is 5.97 Å². The molecule has 172 valence electrons. The summed E-state index contributed by atoms with van der Waals surface area (Å²) < 4.78 is 24.5. The van der Waals surface area contributed by atoms with E-state index in [4.69, 9.17) is 18.9 Å². The molecule has 0 aliphatic heterocycles. The third kappa shape index (κ3) is 6.03. The second kappa shape index (κ2) is 12.5. The Kier molecular flexibility index (Phi) is 10.0. The van der Waals surface area contributed by atoms with E-state index in [1.165, 1.54) is 6.42 Å². The number of rotatable bonds is 10. The maximum absolute atomic E-state index is 13.0. The summed E-state index contributed by atoms with van der Waals surface area (Å²) in [6, 6.07) is 12.8. The summed E-state index contributed by atoms with van der Waals surface area (Å²) in [5.74, 6) is 1.35. The number of ether oxygens (including phenoxy) is 4. The van der Waals surface area contributed by atoms with Crippen molar-refractivity contribution in [1.82, 2.24) is 0 Å². The molecule has 6 nitrogen and oxygen atoms in total. The molecule has 0 saturated heterocycles. The van der Waals surface area contributed by atoms with Gasteiger partial charge in [0.15, 0.2) is 17.7 Å². The fourth-order valence-corrected chi connectivity index (χ4v) is 3.49. The highest BCUT2D eigenvalue weighted by Gasteiger charge is 2.21. The Morgan fingerprint density at radius 3 is 2.28 bits per heavy atom. The van der Waals surface area contributed by atoms with Crippen molar-refractivity contribution >= 4 is 16.9 Å². The van der Waals surface area contributed by atoms with Gasteiger partial charge in [0, 0.05) is 6.07 Å². The third-order valence-electron chi connectivity index (χ3n) is 5.11. The lowest BCUT2D eigenvalue weighted by Crippen LogP contribution is -3.00. The number of nitrogens with zero attached hydrogens (tertiary/aromatic N) is 1. The van der Waals surface area contributed by atoms with Crippen LogP contribution < -0.4 is 47.5 Å². The first-order valence-electron chi connectivity index (χ1n) is 10.6. The first-order chi connectivity index (χ1) is 15.1. The Morgan fingerprint density at radius 2 is 1.62 bits per heavy atom. The number of carbonyl (C=O) groups is 1. The number of fused-ring (bicyclic) bond motifs is 1. The van der Waals surface area contributed by atoms with Gasteiger partial charge in [0.25, 0.3) is 5.52 Å². The zero-order valence-corrected chi connectivity index (χ0v) is 21.2. The van der Waals surface area contributed by atoms with Crippen LogP contribution in [0, 0.1) is 0 Å². The molecule has 1 heterocycles. The summed E-state index contributed by atoms with van der Waals surface area (Å²) in [6.07, 6.45) is 6.31. The number of aromatic nitrogens is 1. The van der Waals surface area contributed by atoms with Crippen molar-refractivity contribution in [3.63, 3.8) is 0 Å². The van der Waals surface area contributed by atoms with E-state index in [0.717, 1.165) is 30.2 Å². The lowest BCUT2D eigenvalue weighted by atomic mass is 10.1. The standard InChI is InChI=1S/C25H30NO5.HI/c1-5-6-7-8-15-30-24-21(28-3)16-19(17-22(24)29-4)25(27)31-20-13-9-11-18-12-10-14-26(2)23(18)20;/h9-14,16-17H,5-8,15H2,1-4H3;1H/q+1;/p-1. The molecular weight excluding hydrogens is 521 g/mol. The van der Waals surface area contributed by atoms with Crippen molar-refractivity contribution in [2.45, 2.75) is 32.6 Å². The number of aryl methyl sites for hydroxylation is 1. The maximum Gasteiger partial charge on any atom is 0.344 e. The molecular formula is C25H30INO5. The molecule has 0 saturated carbocycles. The summed E-state index contributed by atoms with van der Waals surface area (Å²) in [6.45, 7) is 2.73. The average Bonchev–Trinajstić information content (AvgIpc) is 2.78. The highest BCUT2D eigenvalue weighted by atomic mass is 127. The van der Waals surface area contributed by atoms with Crippen LogP contribution in [0.2, 0.25) is 0 Å². The first-order valence-corrected chi connectivity index (χ1v) is 10.6. The average molecular weight is 551 g/mol. The molecule has 0 aliphatic rings. The fraction of sp³-hybridized carbons (Fsp3) is 0.360. The van der Waals surface area contributed by atoms with Gasteiger partial charge >= 0.3 is 5.97 Å². The lowest BCUT2D eigenvalue weighted by Gasteiger charge is -2.16. The van der Waals surface area contributed by atoms with Crippen LogP contribution in [-0.4, -0.2) is 26.8 Å². The van der Waals surface area contributed by atoms with Crippen LogP contribution in [-0.2, 0) is 7.05 Å². The minimum Gasteiger partial charge on any atom is -1.00 e. The van der Waals surface area contributed by atoms with E-state index in [1.54, 1.807) is 32.4 Å². The van der Waals surface area contributed by atoms with Crippen molar-refractivity contribution in [1.29, 1.82) is 0 Å². The van der Waals surface area contributed by atoms with Gasteiger partial charge in [0.1, 0.15) is 7.05 Å². The van der Waals surface area contributed by atoms with E-state index in [0.29, 0.717) is 35.2 Å². The number of para-hydroxylation sites is 1. The first kappa shape index (κ1) is 25.7. The Bertz CT molecular complexity index is 1020. The summed E-state index contributed by atoms with van der Waals surface area (Å²) in [5.41, 5.74) is 1.16. The number of benzene rings is 2. The zero-order chi connectivity index (χ0) is 22.2. The molecule has 3 rings (SSSR count). The van der Waals surface area contributed by atoms with E-state index in [2.05, 4.69) is 6.92 Å². The Balaban J connectivity index is 0.00000363. The van der Waals surface area contributed by atoms with Gasteiger partial charge in [0.2, 0.25) is 11.5 Å². The van der Waals surface area contributed by atoms with Gasteiger partial charge in [-0.2, -0.15) is 4.57 Å². The molecule has 0 N–H and O–H groups in total.